The highest BCUT2D eigenvalue weighted by Crippen LogP contribution is 2.41. The van der Waals surface area contributed by atoms with Gasteiger partial charge in [-0.25, -0.2) is 5.43 Å². The molecule has 172 valence electrons. The lowest BCUT2D eigenvalue weighted by molar-refractivity contribution is -0.385. The Kier molecular flexibility index (Phi) is 6.16. The van der Waals surface area contributed by atoms with Crippen LogP contribution < -0.4 is 14.9 Å². The van der Waals surface area contributed by atoms with Crippen molar-refractivity contribution in [3.63, 3.8) is 0 Å². The second-order valence-corrected chi connectivity index (χ2v) is 7.66. The molecule has 0 aliphatic heterocycles. The number of aromatic hydroxyl groups is 1. The third-order valence-corrected chi connectivity index (χ3v) is 5.63. The van der Waals surface area contributed by atoms with Gasteiger partial charge in [0, 0.05) is 17.4 Å². The molecule has 1 aliphatic carbocycles. The molecule has 0 bridgehead atoms. The highest BCUT2D eigenvalue weighted by Gasteiger charge is 2.27. The number of nitro benzene ring substituents is 1. The number of carbonyl (C=O) groups excluding carboxylic acids is 1. The van der Waals surface area contributed by atoms with Gasteiger partial charge in [0.05, 0.1) is 43.4 Å². The molecule has 2 N–H and O–H groups in total. The number of methoxy groups -OCH3 is 2. The van der Waals surface area contributed by atoms with E-state index in [-0.39, 0.29) is 12.0 Å². The predicted molar refractivity (Wildman–Crippen MR) is 120 cm³/mol. The van der Waals surface area contributed by atoms with Crippen molar-refractivity contribution in [2.45, 2.75) is 32.1 Å². The van der Waals surface area contributed by atoms with Crippen LogP contribution >= 0.6 is 0 Å². The van der Waals surface area contributed by atoms with Gasteiger partial charge >= 0.3 is 5.69 Å². The number of ether oxygens (including phenoxy) is 2. The zero-order valence-electron chi connectivity index (χ0n) is 18.2. The van der Waals surface area contributed by atoms with E-state index in [1.54, 1.807) is 18.2 Å². The zero-order valence-corrected chi connectivity index (χ0v) is 18.2. The van der Waals surface area contributed by atoms with E-state index in [4.69, 9.17) is 13.9 Å². The number of hydrazone groups is 1. The molecule has 1 amide bonds. The van der Waals surface area contributed by atoms with Crippen LogP contribution in [-0.4, -0.2) is 36.4 Å². The third-order valence-electron chi connectivity index (χ3n) is 5.63. The summed E-state index contributed by atoms with van der Waals surface area (Å²) in [6, 6.07) is 6.36. The Morgan fingerprint density at radius 1 is 1.24 bits per heavy atom. The molecule has 0 saturated carbocycles. The lowest BCUT2D eigenvalue weighted by Gasteiger charge is -2.10. The Labute approximate surface area is 188 Å². The van der Waals surface area contributed by atoms with E-state index in [9.17, 15) is 20.0 Å². The number of phenolic OH excluding ortho intramolecular Hbond substituents is 1. The number of furan rings is 1. The lowest BCUT2D eigenvalue weighted by atomic mass is 9.93. The Morgan fingerprint density at radius 3 is 2.73 bits per heavy atom. The molecule has 2 aromatic carbocycles. The number of nitrogens with one attached hydrogen (secondary N) is 1. The molecule has 0 spiro atoms. The summed E-state index contributed by atoms with van der Waals surface area (Å²) in [4.78, 5) is 23.1. The number of fused-ring (bicyclic) bond motifs is 3. The first-order valence-corrected chi connectivity index (χ1v) is 10.4. The van der Waals surface area contributed by atoms with Crippen LogP contribution in [0.1, 0.15) is 35.3 Å². The van der Waals surface area contributed by atoms with Crippen LogP contribution in [0.2, 0.25) is 0 Å². The van der Waals surface area contributed by atoms with Crippen LogP contribution in [0.4, 0.5) is 5.69 Å². The molecular formula is C23H23N3O7. The number of benzene rings is 2. The van der Waals surface area contributed by atoms with E-state index in [0.717, 1.165) is 37.0 Å². The summed E-state index contributed by atoms with van der Waals surface area (Å²) < 4.78 is 16.3. The minimum atomic E-state index is -0.677. The minimum absolute atomic E-state index is 0.0229. The van der Waals surface area contributed by atoms with E-state index >= 15 is 0 Å². The zero-order chi connectivity index (χ0) is 23.5. The number of phenols is 1. The van der Waals surface area contributed by atoms with Gasteiger partial charge < -0.3 is 19.0 Å². The van der Waals surface area contributed by atoms with Crippen molar-refractivity contribution in [3.05, 3.63) is 56.8 Å². The summed E-state index contributed by atoms with van der Waals surface area (Å²) in [5.74, 6) is 0.893. The number of carbonyl (C=O) groups is 1. The number of aryl methyl sites for hydroxylation is 2. The monoisotopic (exact) mass is 453 g/mol. The first kappa shape index (κ1) is 22.1. The number of hydrogen-bond acceptors (Lipinski definition) is 8. The Bertz CT molecular complexity index is 1260. The van der Waals surface area contributed by atoms with Crippen molar-refractivity contribution in [2.24, 2.45) is 5.10 Å². The van der Waals surface area contributed by atoms with Gasteiger partial charge in [0.2, 0.25) is 11.7 Å². The number of hydrogen-bond donors (Lipinski definition) is 2. The van der Waals surface area contributed by atoms with Crippen molar-refractivity contribution in [1.29, 1.82) is 0 Å². The van der Waals surface area contributed by atoms with Gasteiger partial charge in [0.15, 0.2) is 11.5 Å². The SMILES string of the molecule is COc1ccc(CC(=O)NN=Cc2c(O)c([N+](=O)[O-])cc3oc4c(c23)CCCC4)cc1OC. The Balaban J connectivity index is 1.60. The Morgan fingerprint density at radius 2 is 2.00 bits per heavy atom. The standard InChI is InChI=1S/C23H23N3O7/c1-31-18-8-7-13(9-19(18)32-2)10-21(27)25-24-12-15-22-14-5-3-4-6-17(14)33-20(22)11-16(23(15)28)26(29)30/h7-9,11-12,28H,3-6,10H2,1-2H3,(H,25,27). The summed E-state index contributed by atoms with van der Waals surface area (Å²) in [6.07, 6.45) is 4.65. The largest absolute Gasteiger partial charge is 0.502 e. The number of nitro groups is 1. The second-order valence-electron chi connectivity index (χ2n) is 7.66. The molecule has 3 aromatic rings. The van der Waals surface area contributed by atoms with Crippen LogP contribution in [0, 0.1) is 10.1 Å². The van der Waals surface area contributed by atoms with Gasteiger partial charge in [-0.05, 0) is 37.0 Å². The van der Waals surface area contributed by atoms with Crippen molar-refractivity contribution >= 4 is 28.8 Å². The number of rotatable bonds is 7. The molecule has 1 aliphatic rings. The fraction of sp³-hybridized carbons (Fsp3) is 0.304. The van der Waals surface area contributed by atoms with Crippen molar-refractivity contribution < 1.29 is 28.7 Å². The van der Waals surface area contributed by atoms with Gasteiger partial charge in [0.1, 0.15) is 11.3 Å². The number of amides is 1. The molecule has 10 nitrogen and oxygen atoms in total. The fourth-order valence-electron chi connectivity index (χ4n) is 4.08. The normalized spacial score (nSPS) is 13.2. The summed E-state index contributed by atoms with van der Waals surface area (Å²) >= 11 is 0. The lowest BCUT2D eigenvalue weighted by Crippen LogP contribution is -2.19. The number of nitrogens with zero attached hydrogens (tertiary/aromatic N) is 2. The molecule has 0 atom stereocenters. The molecular weight excluding hydrogens is 430 g/mol. The summed E-state index contributed by atoms with van der Waals surface area (Å²) in [5.41, 5.74) is 4.00. The van der Waals surface area contributed by atoms with Crippen LogP contribution in [0.5, 0.6) is 17.2 Å². The van der Waals surface area contributed by atoms with Gasteiger partial charge in [-0.3, -0.25) is 14.9 Å². The van der Waals surface area contributed by atoms with Gasteiger partial charge in [-0.15, -0.1) is 0 Å². The molecule has 0 fully saturated rings. The molecule has 33 heavy (non-hydrogen) atoms. The first-order chi connectivity index (χ1) is 15.9. The first-order valence-electron chi connectivity index (χ1n) is 10.4. The summed E-state index contributed by atoms with van der Waals surface area (Å²) in [7, 11) is 3.03. The molecule has 0 saturated heterocycles. The molecule has 4 rings (SSSR count). The van der Waals surface area contributed by atoms with E-state index in [1.165, 1.54) is 26.5 Å². The summed E-state index contributed by atoms with van der Waals surface area (Å²) in [6.45, 7) is 0. The van der Waals surface area contributed by atoms with E-state index in [2.05, 4.69) is 10.5 Å². The van der Waals surface area contributed by atoms with Gasteiger partial charge in [-0.2, -0.15) is 5.10 Å². The third kappa shape index (κ3) is 4.32. The van der Waals surface area contributed by atoms with E-state index < -0.39 is 22.3 Å². The Hall–Kier alpha value is -4.08. The van der Waals surface area contributed by atoms with Crippen molar-refractivity contribution in [3.8, 4) is 17.2 Å². The maximum atomic E-state index is 12.4. The van der Waals surface area contributed by atoms with Crippen LogP contribution in [0.25, 0.3) is 11.0 Å². The molecule has 1 aromatic heterocycles. The van der Waals surface area contributed by atoms with E-state index in [1.807, 2.05) is 0 Å². The molecule has 10 heteroatoms. The smallest absolute Gasteiger partial charge is 0.315 e. The predicted octanol–water partition coefficient (Wildman–Crippen LogP) is 3.64. The van der Waals surface area contributed by atoms with Crippen molar-refractivity contribution in [1.82, 2.24) is 5.43 Å². The highest BCUT2D eigenvalue weighted by molar-refractivity contribution is 6.05. The van der Waals surface area contributed by atoms with Crippen LogP contribution in [0.15, 0.2) is 33.8 Å². The highest BCUT2D eigenvalue weighted by atomic mass is 16.6. The minimum Gasteiger partial charge on any atom is -0.502 e. The van der Waals surface area contributed by atoms with Crippen LogP contribution in [0.3, 0.4) is 0 Å². The average molecular weight is 453 g/mol. The molecule has 0 radical (unpaired) electrons. The van der Waals surface area contributed by atoms with Crippen LogP contribution in [-0.2, 0) is 24.1 Å². The fourth-order valence-corrected chi connectivity index (χ4v) is 4.08. The second kappa shape index (κ2) is 9.19. The van der Waals surface area contributed by atoms with Crippen molar-refractivity contribution in [2.75, 3.05) is 14.2 Å². The van der Waals surface area contributed by atoms with Gasteiger partial charge in [0.25, 0.3) is 0 Å². The molecule has 1 heterocycles. The maximum absolute atomic E-state index is 12.4. The summed E-state index contributed by atoms with van der Waals surface area (Å²) in [5, 5.41) is 26.5. The molecule has 0 unspecified atom stereocenters. The van der Waals surface area contributed by atoms with Gasteiger partial charge in [-0.1, -0.05) is 6.07 Å². The van der Waals surface area contributed by atoms with E-state index in [0.29, 0.717) is 28.0 Å². The average Bonchev–Trinajstić information content (AvgIpc) is 3.18. The quantitative estimate of drug-likeness (QED) is 0.317. The maximum Gasteiger partial charge on any atom is 0.315 e. The topological polar surface area (TPSA) is 136 Å².